The van der Waals surface area contributed by atoms with Crippen LogP contribution < -0.4 is 4.74 Å². The summed E-state index contributed by atoms with van der Waals surface area (Å²) in [7, 11) is -4.55. The molecule has 0 saturated carbocycles. The SMILES string of the molecule is Cc1ccc(-c2cccc(Oc3ccc(C(=C(F)F)C(F)(F)F)cc3)c2C#N)cc1C(=O)c1cccc(S(=O)(=O)O)c1. The topological polar surface area (TPSA) is 104 Å². The summed E-state index contributed by atoms with van der Waals surface area (Å²) >= 11 is 0. The number of hydrogen-bond donors (Lipinski definition) is 1. The number of alkyl halides is 3. The molecule has 0 saturated heterocycles. The van der Waals surface area contributed by atoms with Gasteiger partial charge in [0.05, 0.1) is 4.90 Å². The number of ether oxygens (including phenoxy) is 1. The van der Waals surface area contributed by atoms with E-state index in [0.717, 1.165) is 36.4 Å². The lowest BCUT2D eigenvalue weighted by molar-refractivity contribution is -0.0711. The fourth-order valence-corrected chi connectivity index (χ4v) is 4.68. The number of nitrogens with zero attached hydrogens (tertiary/aromatic N) is 1. The Bertz CT molecular complexity index is 1870. The summed E-state index contributed by atoms with van der Waals surface area (Å²) in [6, 6.07) is 20.0. The van der Waals surface area contributed by atoms with E-state index >= 15 is 0 Å². The fourth-order valence-electron chi connectivity index (χ4n) is 4.16. The van der Waals surface area contributed by atoms with Crippen LogP contribution in [0.4, 0.5) is 22.0 Å². The van der Waals surface area contributed by atoms with Crippen LogP contribution in [-0.4, -0.2) is 24.9 Å². The zero-order chi connectivity index (χ0) is 30.8. The monoisotopic (exact) mass is 599 g/mol. The average Bonchev–Trinajstić information content (AvgIpc) is 2.92. The molecule has 6 nitrogen and oxygen atoms in total. The number of allylic oxidation sites excluding steroid dienone is 1. The number of nitriles is 1. The fraction of sp³-hybridized carbons (Fsp3) is 0.0667. The smallest absolute Gasteiger partial charge is 0.422 e. The van der Waals surface area contributed by atoms with E-state index in [1.165, 1.54) is 24.3 Å². The van der Waals surface area contributed by atoms with E-state index in [0.29, 0.717) is 16.7 Å². The van der Waals surface area contributed by atoms with Crippen molar-refractivity contribution in [2.75, 3.05) is 0 Å². The second-order valence-electron chi connectivity index (χ2n) is 8.91. The number of benzene rings is 4. The van der Waals surface area contributed by atoms with E-state index in [9.17, 15) is 45.0 Å². The summed E-state index contributed by atoms with van der Waals surface area (Å²) in [6.45, 7) is 1.66. The highest BCUT2D eigenvalue weighted by molar-refractivity contribution is 7.85. The van der Waals surface area contributed by atoms with Crippen molar-refractivity contribution in [2.45, 2.75) is 18.0 Å². The molecule has 0 aliphatic rings. The second-order valence-corrected chi connectivity index (χ2v) is 10.3. The molecule has 4 aromatic carbocycles. The number of aryl methyl sites for hydroxylation is 1. The first kappa shape index (κ1) is 30.1. The summed E-state index contributed by atoms with van der Waals surface area (Å²) in [5.41, 5.74) is -1.31. The Hall–Kier alpha value is -4.86. The molecule has 0 radical (unpaired) electrons. The number of carbonyl (C=O) groups is 1. The number of carbonyl (C=O) groups excluding carboxylic acids is 1. The van der Waals surface area contributed by atoms with Gasteiger partial charge in [0.1, 0.15) is 28.7 Å². The van der Waals surface area contributed by atoms with E-state index in [1.54, 1.807) is 31.2 Å². The van der Waals surface area contributed by atoms with Gasteiger partial charge in [0.15, 0.2) is 5.78 Å². The maximum absolute atomic E-state index is 13.3. The lowest BCUT2D eigenvalue weighted by Crippen LogP contribution is -2.11. The molecule has 0 spiro atoms. The predicted molar refractivity (Wildman–Crippen MR) is 143 cm³/mol. The molecule has 0 unspecified atom stereocenters. The molecular formula is C30H18F5NO5S. The Morgan fingerprint density at radius 3 is 2.17 bits per heavy atom. The van der Waals surface area contributed by atoms with Crippen LogP contribution in [0.1, 0.15) is 32.6 Å². The Balaban J connectivity index is 1.70. The van der Waals surface area contributed by atoms with Crippen molar-refractivity contribution in [3.8, 4) is 28.7 Å². The summed E-state index contributed by atoms with van der Waals surface area (Å²) in [5, 5.41) is 9.93. The van der Waals surface area contributed by atoms with Gasteiger partial charge in [-0.15, -0.1) is 0 Å². The van der Waals surface area contributed by atoms with Crippen molar-refractivity contribution >= 4 is 21.5 Å². The Kier molecular flexibility index (Phi) is 8.28. The first-order valence-electron chi connectivity index (χ1n) is 11.9. The maximum atomic E-state index is 13.3. The largest absolute Gasteiger partial charge is 0.456 e. The van der Waals surface area contributed by atoms with Gasteiger partial charge in [-0.3, -0.25) is 9.35 Å². The van der Waals surface area contributed by atoms with Gasteiger partial charge in [-0.1, -0.05) is 48.5 Å². The Labute approximate surface area is 236 Å². The third-order valence-corrected chi connectivity index (χ3v) is 7.02. The molecular weight excluding hydrogens is 581 g/mol. The Morgan fingerprint density at radius 2 is 1.57 bits per heavy atom. The van der Waals surface area contributed by atoms with Crippen molar-refractivity contribution in [3.05, 3.63) is 119 Å². The molecule has 0 heterocycles. The average molecular weight is 600 g/mol. The number of halogens is 5. The van der Waals surface area contributed by atoms with Crippen LogP contribution >= 0.6 is 0 Å². The lowest BCUT2D eigenvalue weighted by Gasteiger charge is -2.14. The Morgan fingerprint density at radius 1 is 0.905 bits per heavy atom. The summed E-state index contributed by atoms with van der Waals surface area (Å²) in [5.74, 6) is -0.546. The zero-order valence-electron chi connectivity index (χ0n) is 21.4. The summed E-state index contributed by atoms with van der Waals surface area (Å²) in [4.78, 5) is 12.8. The van der Waals surface area contributed by atoms with E-state index in [1.807, 2.05) is 6.07 Å². The number of ketones is 1. The second kappa shape index (κ2) is 11.6. The standard InChI is InChI=1S/C30H18F5NO5S/c1-17-8-9-19(15-24(17)28(37)20-4-2-5-22(14-20)42(38,39)40)23-6-3-7-26(25(23)16-36)41-21-12-10-18(11-13-21)27(29(31)32)30(33,34)35/h2-15H,1H3,(H,38,39,40). The molecule has 4 aromatic rings. The zero-order valence-corrected chi connectivity index (χ0v) is 22.2. The highest BCUT2D eigenvalue weighted by Crippen LogP contribution is 2.39. The normalized spacial score (nSPS) is 11.5. The quantitative estimate of drug-likeness (QED) is 0.131. The van der Waals surface area contributed by atoms with Crippen LogP contribution in [0, 0.1) is 18.3 Å². The minimum Gasteiger partial charge on any atom is -0.456 e. The molecule has 0 aliphatic heterocycles. The first-order chi connectivity index (χ1) is 19.7. The highest BCUT2D eigenvalue weighted by atomic mass is 32.2. The maximum Gasteiger partial charge on any atom is 0.422 e. The van der Waals surface area contributed by atoms with Crippen LogP contribution in [0.2, 0.25) is 0 Å². The van der Waals surface area contributed by atoms with Crippen LogP contribution in [0.15, 0.2) is 95.9 Å². The van der Waals surface area contributed by atoms with Gasteiger partial charge < -0.3 is 4.74 Å². The minimum atomic E-state index is -5.27. The van der Waals surface area contributed by atoms with Gasteiger partial charge in [-0.25, -0.2) is 0 Å². The van der Waals surface area contributed by atoms with E-state index < -0.39 is 44.2 Å². The van der Waals surface area contributed by atoms with Gasteiger partial charge in [-0.05, 0) is 60.0 Å². The van der Waals surface area contributed by atoms with Gasteiger partial charge in [0.2, 0.25) is 0 Å². The van der Waals surface area contributed by atoms with Gasteiger partial charge in [0.25, 0.3) is 16.2 Å². The van der Waals surface area contributed by atoms with Gasteiger partial charge >= 0.3 is 6.18 Å². The van der Waals surface area contributed by atoms with Crippen molar-refractivity contribution in [1.29, 1.82) is 5.26 Å². The van der Waals surface area contributed by atoms with E-state index in [4.69, 9.17) is 4.74 Å². The molecule has 4 rings (SSSR count). The molecule has 0 bridgehead atoms. The minimum absolute atomic E-state index is 0.00239. The highest BCUT2D eigenvalue weighted by Gasteiger charge is 2.38. The van der Waals surface area contributed by atoms with E-state index in [2.05, 4.69) is 0 Å². The molecule has 0 atom stereocenters. The molecule has 0 aromatic heterocycles. The third-order valence-electron chi connectivity index (χ3n) is 6.17. The molecule has 0 fully saturated rings. The van der Waals surface area contributed by atoms with Crippen molar-refractivity contribution < 1.29 is 44.5 Å². The summed E-state index contributed by atoms with van der Waals surface area (Å²) in [6.07, 6.45) is -8.14. The van der Waals surface area contributed by atoms with Gasteiger partial charge in [0, 0.05) is 16.7 Å². The molecule has 0 aliphatic carbocycles. The van der Waals surface area contributed by atoms with Crippen LogP contribution in [0.5, 0.6) is 11.5 Å². The number of hydrogen-bond acceptors (Lipinski definition) is 5. The van der Waals surface area contributed by atoms with Gasteiger partial charge in [-0.2, -0.15) is 35.6 Å². The number of rotatable bonds is 7. The molecule has 42 heavy (non-hydrogen) atoms. The first-order valence-corrected chi connectivity index (χ1v) is 13.3. The summed E-state index contributed by atoms with van der Waals surface area (Å²) < 4.78 is 103. The van der Waals surface area contributed by atoms with Crippen LogP contribution in [-0.2, 0) is 10.1 Å². The molecule has 12 heteroatoms. The van der Waals surface area contributed by atoms with Crippen LogP contribution in [0.25, 0.3) is 16.7 Å². The predicted octanol–water partition coefficient (Wildman–Crippen LogP) is 7.97. The van der Waals surface area contributed by atoms with Crippen molar-refractivity contribution in [1.82, 2.24) is 0 Å². The molecule has 0 amide bonds. The van der Waals surface area contributed by atoms with Crippen molar-refractivity contribution in [3.63, 3.8) is 0 Å². The molecule has 1 N–H and O–H groups in total. The molecule has 214 valence electrons. The van der Waals surface area contributed by atoms with Crippen molar-refractivity contribution in [2.24, 2.45) is 0 Å². The van der Waals surface area contributed by atoms with Crippen LogP contribution in [0.3, 0.4) is 0 Å². The third kappa shape index (κ3) is 6.38. The lowest BCUT2D eigenvalue weighted by atomic mass is 9.92. The van der Waals surface area contributed by atoms with E-state index in [-0.39, 0.29) is 28.2 Å².